The first-order chi connectivity index (χ1) is 12.3. The van der Waals surface area contributed by atoms with Crippen LogP contribution in [-0.2, 0) is 6.54 Å². The first kappa shape index (κ1) is 19.9. The minimum Gasteiger partial charge on any atom is -0.497 e. The molecular weight excluding hydrogens is 326 g/mol. The number of amides is 1. The van der Waals surface area contributed by atoms with Gasteiger partial charge in [0.1, 0.15) is 5.75 Å². The maximum Gasteiger partial charge on any atom is 0.255 e. The average Bonchev–Trinajstić information content (AvgIpc) is 2.62. The van der Waals surface area contributed by atoms with Crippen molar-refractivity contribution < 1.29 is 9.53 Å². The highest BCUT2D eigenvalue weighted by molar-refractivity contribution is 6.04. The van der Waals surface area contributed by atoms with Gasteiger partial charge in [0.15, 0.2) is 0 Å². The Balaban J connectivity index is 1.94. The molecule has 0 aliphatic rings. The SMILES string of the molecule is COc1ccc(C(=O)Nc2cccc(CNCC(C)(C)N(C)C)c2)cc1. The number of anilines is 1. The molecule has 0 atom stereocenters. The van der Waals surface area contributed by atoms with Crippen LogP contribution in [0.25, 0.3) is 0 Å². The van der Waals surface area contributed by atoms with E-state index in [9.17, 15) is 4.79 Å². The second-order valence-electron chi connectivity index (χ2n) is 7.19. The molecule has 0 aromatic heterocycles. The molecule has 2 N–H and O–H groups in total. The lowest BCUT2D eigenvalue weighted by Crippen LogP contribution is -2.46. The van der Waals surface area contributed by atoms with Crippen molar-refractivity contribution in [3.63, 3.8) is 0 Å². The number of ether oxygens (including phenoxy) is 1. The predicted octanol–water partition coefficient (Wildman–Crippen LogP) is 3.38. The van der Waals surface area contributed by atoms with Crippen LogP contribution in [0.15, 0.2) is 48.5 Å². The Hall–Kier alpha value is -2.37. The first-order valence-corrected chi connectivity index (χ1v) is 8.74. The molecule has 0 spiro atoms. The van der Waals surface area contributed by atoms with Crippen LogP contribution in [0.2, 0.25) is 0 Å². The summed E-state index contributed by atoms with van der Waals surface area (Å²) in [6.45, 7) is 6.03. The van der Waals surface area contributed by atoms with Gasteiger partial charge < -0.3 is 20.3 Å². The summed E-state index contributed by atoms with van der Waals surface area (Å²) in [7, 11) is 5.77. The van der Waals surface area contributed by atoms with E-state index in [0.29, 0.717) is 5.56 Å². The summed E-state index contributed by atoms with van der Waals surface area (Å²) < 4.78 is 5.12. The minimum absolute atomic E-state index is 0.0835. The number of carbonyl (C=O) groups is 1. The third kappa shape index (κ3) is 5.58. The molecule has 0 saturated heterocycles. The lowest BCUT2D eigenvalue weighted by Gasteiger charge is -2.32. The maximum absolute atomic E-state index is 12.4. The summed E-state index contributed by atoms with van der Waals surface area (Å²) in [6, 6.07) is 15.0. The molecule has 0 bridgehead atoms. The van der Waals surface area contributed by atoms with Gasteiger partial charge in [0.2, 0.25) is 0 Å². The number of benzene rings is 2. The predicted molar refractivity (Wildman–Crippen MR) is 107 cm³/mol. The molecule has 0 aliphatic heterocycles. The highest BCUT2D eigenvalue weighted by Crippen LogP contribution is 2.15. The number of methoxy groups -OCH3 is 1. The lowest BCUT2D eigenvalue weighted by molar-refractivity contribution is 0.102. The molecule has 0 unspecified atom stereocenters. The summed E-state index contributed by atoms with van der Waals surface area (Å²) in [5.74, 6) is 0.599. The summed E-state index contributed by atoms with van der Waals surface area (Å²) in [5, 5.41) is 6.43. The van der Waals surface area contributed by atoms with Crippen LogP contribution in [-0.4, -0.2) is 44.1 Å². The van der Waals surface area contributed by atoms with Crippen LogP contribution in [0.4, 0.5) is 5.69 Å². The van der Waals surface area contributed by atoms with Gasteiger partial charge in [-0.2, -0.15) is 0 Å². The van der Waals surface area contributed by atoms with Gasteiger partial charge in [0.25, 0.3) is 5.91 Å². The van der Waals surface area contributed by atoms with Crippen molar-refractivity contribution >= 4 is 11.6 Å². The van der Waals surface area contributed by atoms with E-state index < -0.39 is 0 Å². The van der Waals surface area contributed by atoms with Crippen molar-refractivity contribution in [3.05, 3.63) is 59.7 Å². The second kappa shape index (κ2) is 8.83. The molecule has 2 aromatic rings. The van der Waals surface area contributed by atoms with Crippen LogP contribution in [0.3, 0.4) is 0 Å². The Bertz CT molecular complexity index is 724. The van der Waals surface area contributed by atoms with E-state index in [2.05, 4.69) is 49.5 Å². The first-order valence-electron chi connectivity index (χ1n) is 8.74. The van der Waals surface area contributed by atoms with E-state index in [1.54, 1.807) is 31.4 Å². The highest BCUT2D eigenvalue weighted by Gasteiger charge is 2.19. The second-order valence-corrected chi connectivity index (χ2v) is 7.19. The summed E-state index contributed by atoms with van der Waals surface area (Å²) in [4.78, 5) is 14.6. The monoisotopic (exact) mass is 355 g/mol. The number of carbonyl (C=O) groups excluding carboxylic acids is 1. The number of hydrogen-bond donors (Lipinski definition) is 2. The van der Waals surface area contributed by atoms with Gasteiger partial charge in [0, 0.05) is 29.9 Å². The van der Waals surface area contributed by atoms with Crippen LogP contribution >= 0.6 is 0 Å². The number of hydrogen-bond acceptors (Lipinski definition) is 4. The van der Waals surface area contributed by atoms with E-state index in [0.717, 1.165) is 30.1 Å². The number of nitrogens with one attached hydrogen (secondary N) is 2. The van der Waals surface area contributed by atoms with Crippen molar-refractivity contribution in [1.82, 2.24) is 10.2 Å². The zero-order valence-corrected chi connectivity index (χ0v) is 16.3. The van der Waals surface area contributed by atoms with Crippen LogP contribution in [0, 0.1) is 0 Å². The number of rotatable bonds is 8. The number of likely N-dealkylation sites (N-methyl/N-ethyl adjacent to an activating group) is 1. The Morgan fingerprint density at radius 3 is 2.42 bits per heavy atom. The summed E-state index contributed by atoms with van der Waals surface area (Å²) in [6.07, 6.45) is 0. The molecule has 2 aromatic carbocycles. The fraction of sp³-hybridized carbons (Fsp3) is 0.381. The van der Waals surface area contributed by atoms with E-state index in [1.165, 1.54) is 0 Å². The van der Waals surface area contributed by atoms with Gasteiger partial charge in [-0.15, -0.1) is 0 Å². The normalized spacial score (nSPS) is 11.5. The van der Waals surface area contributed by atoms with Crippen molar-refractivity contribution in [3.8, 4) is 5.75 Å². The molecule has 0 aliphatic carbocycles. The van der Waals surface area contributed by atoms with Crippen molar-refractivity contribution in [2.75, 3.05) is 33.1 Å². The van der Waals surface area contributed by atoms with Gasteiger partial charge in [-0.25, -0.2) is 0 Å². The molecule has 0 radical (unpaired) electrons. The van der Waals surface area contributed by atoms with Crippen molar-refractivity contribution in [1.29, 1.82) is 0 Å². The average molecular weight is 355 g/mol. The third-order valence-electron chi connectivity index (χ3n) is 4.63. The molecule has 5 nitrogen and oxygen atoms in total. The Morgan fingerprint density at radius 1 is 1.12 bits per heavy atom. The van der Waals surface area contributed by atoms with Crippen molar-refractivity contribution in [2.24, 2.45) is 0 Å². The van der Waals surface area contributed by atoms with E-state index in [-0.39, 0.29) is 11.4 Å². The fourth-order valence-corrected chi connectivity index (χ4v) is 2.38. The van der Waals surface area contributed by atoms with Gasteiger partial charge in [-0.05, 0) is 69.9 Å². The molecule has 1 amide bonds. The van der Waals surface area contributed by atoms with E-state index >= 15 is 0 Å². The molecule has 0 fully saturated rings. The van der Waals surface area contributed by atoms with Gasteiger partial charge >= 0.3 is 0 Å². The Morgan fingerprint density at radius 2 is 1.81 bits per heavy atom. The topological polar surface area (TPSA) is 53.6 Å². The quantitative estimate of drug-likeness (QED) is 0.762. The third-order valence-corrected chi connectivity index (χ3v) is 4.63. The van der Waals surface area contributed by atoms with Crippen LogP contribution < -0.4 is 15.4 Å². The van der Waals surface area contributed by atoms with Gasteiger partial charge in [-0.3, -0.25) is 4.79 Å². The van der Waals surface area contributed by atoms with Crippen LogP contribution in [0.1, 0.15) is 29.8 Å². The molecule has 26 heavy (non-hydrogen) atoms. The molecule has 2 rings (SSSR count). The molecule has 0 saturated carbocycles. The zero-order valence-electron chi connectivity index (χ0n) is 16.3. The Kier molecular flexibility index (Phi) is 6.77. The van der Waals surface area contributed by atoms with Crippen molar-refractivity contribution in [2.45, 2.75) is 25.9 Å². The largest absolute Gasteiger partial charge is 0.497 e. The minimum atomic E-state index is -0.133. The maximum atomic E-state index is 12.4. The molecular formula is C21H29N3O2. The smallest absolute Gasteiger partial charge is 0.255 e. The lowest BCUT2D eigenvalue weighted by atomic mass is 10.0. The molecule has 140 valence electrons. The number of nitrogens with zero attached hydrogens (tertiary/aromatic N) is 1. The highest BCUT2D eigenvalue weighted by atomic mass is 16.5. The molecule has 0 heterocycles. The fourth-order valence-electron chi connectivity index (χ4n) is 2.38. The van der Waals surface area contributed by atoms with Crippen LogP contribution in [0.5, 0.6) is 5.75 Å². The van der Waals surface area contributed by atoms with Gasteiger partial charge in [0.05, 0.1) is 7.11 Å². The Labute approximate surface area is 156 Å². The van der Waals surface area contributed by atoms with Gasteiger partial charge in [-0.1, -0.05) is 12.1 Å². The van der Waals surface area contributed by atoms with E-state index in [4.69, 9.17) is 4.74 Å². The molecule has 5 heteroatoms. The zero-order chi connectivity index (χ0) is 19.2. The van der Waals surface area contributed by atoms with E-state index in [1.807, 2.05) is 18.2 Å². The summed E-state index contributed by atoms with van der Waals surface area (Å²) >= 11 is 0. The summed E-state index contributed by atoms with van der Waals surface area (Å²) in [5.41, 5.74) is 2.60. The standard InChI is InChI=1S/C21H29N3O2/c1-21(2,24(3)4)15-22-14-16-7-6-8-18(13-16)23-20(25)17-9-11-19(26-5)12-10-17/h6-13,22H,14-15H2,1-5H3,(H,23,25).